The highest BCUT2D eigenvalue weighted by atomic mass is 15.1. The molecule has 0 spiro atoms. The maximum Gasteiger partial charge on any atom is 0.0443 e. The second-order valence-electron chi connectivity index (χ2n) is 7.78. The van der Waals surface area contributed by atoms with Crippen LogP contribution in [0.2, 0.25) is 0 Å². The minimum atomic E-state index is 0.954. The largest absolute Gasteiger partial charge is 0.341 e. The second-order valence-corrected chi connectivity index (χ2v) is 7.78. The SMILES string of the molecule is Cc1ccc(CNCCCCN2c3ccccc3CCc3ccccc32)cc1. The molecule has 0 aromatic heterocycles. The monoisotopic (exact) mass is 370 g/mol. The molecule has 0 aliphatic carbocycles. The molecule has 0 amide bonds. The Labute approximate surface area is 169 Å². The van der Waals surface area contributed by atoms with E-state index in [4.69, 9.17) is 0 Å². The molecule has 0 saturated heterocycles. The topological polar surface area (TPSA) is 15.3 Å². The summed E-state index contributed by atoms with van der Waals surface area (Å²) < 4.78 is 0. The average molecular weight is 371 g/mol. The van der Waals surface area contributed by atoms with Gasteiger partial charge in [0.2, 0.25) is 0 Å². The summed E-state index contributed by atoms with van der Waals surface area (Å²) in [4.78, 5) is 2.54. The van der Waals surface area contributed by atoms with E-state index < -0.39 is 0 Å². The lowest BCUT2D eigenvalue weighted by atomic mass is 10.0. The third-order valence-corrected chi connectivity index (χ3v) is 5.66. The zero-order chi connectivity index (χ0) is 19.2. The van der Waals surface area contributed by atoms with Crippen molar-refractivity contribution in [3.8, 4) is 0 Å². The van der Waals surface area contributed by atoms with Crippen molar-refractivity contribution in [2.75, 3.05) is 18.0 Å². The Balaban J connectivity index is 1.34. The van der Waals surface area contributed by atoms with Gasteiger partial charge in [-0.15, -0.1) is 0 Å². The highest BCUT2D eigenvalue weighted by molar-refractivity contribution is 5.71. The number of nitrogens with one attached hydrogen (secondary N) is 1. The summed E-state index contributed by atoms with van der Waals surface area (Å²) in [5.41, 5.74) is 8.40. The maximum absolute atomic E-state index is 3.59. The van der Waals surface area contributed by atoms with Crippen LogP contribution in [0.4, 0.5) is 11.4 Å². The zero-order valence-electron chi connectivity index (χ0n) is 16.8. The molecule has 144 valence electrons. The number of unbranched alkanes of at least 4 members (excludes halogenated alkanes) is 1. The van der Waals surface area contributed by atoms with Crippen LogP contribution in [0.3, 0.4) is 0 Å². The summed E-state index contributed by atoms with van der Waals surface area (Å²) in [6, 6.07) is 26.6. The van der Waals surface area contributed by atoms with E-state index in [0.29, 0.717) is 0 Å². The fraction of sp³-hybridized carbons (Fsp3) is 0.308. The molecule has 0 bridgehead atoms. The lowest BCUT2D eigenvalue weighted by Crippen LogP contribution is -2.21. The van der Waals surface area contributed by atoms with Gasteiger partial charge in [-0.25, -0.2) is 0 Å². The normalized spacial score (nSPS) is 13.0. The molecule has 1 aliphatic heterocycles. The number of para-hydroxylation sites is 2. The average Bonchev–Trinajstić information content (AvgIpc) is 2.89. The van der Waals surface area contributed by atoms with Crippen LogP contribution in [0.15, 0.2) is 72.8 Å². The first-order valence-electron chi connectivity index (χ1n) is 10.5. The summed E-state index contributed by atoms with van der Waals surface area (Å²) >= 11 is 0. The molecule has 0 saturated carbocycles. The smallest absolute Gasteiger partial charge is 0.0443 e. The molecule has 2 heteroatoms. The minimum Gasteiger partial charge on any atom is -0.341 e. The van der Waals surface area contributed by atoms with E-state index in [2.05, 4.69) is 89.9 Å². The third-order valence-electron chi connectivity index (χ3n) is 5.66. The van der Waals surface area contributed by atoms with Gasteiger partial charge in [-0.2, -0.15) is 0 Å². The number of fused-ring (bicyclic) bond motifs is 2. The van der Waals surface area contributed by atoms with E-state index >= 15 is 0 Å². The van der Waals surface area contributed by atoms with E-state index in [-0.39, 0.29) is 0 Å². The first kappa shape index (κ1) is 18.8. The molecule has 0 unspecified atom stereocenters. The predicted molar refractivity (Wildman–Crippen MR) is 119 cm³/mol. The van der Waals surface area contributed by atoms with Crippen molar-refractivity contribution in [3.05, 3.63) is 95.1 Å². The first-order valence-corrected chi connectivity index (χ1v) is 10.5. The van der Waals surface area contributed by atoms with E-state index in [1.54, 1.807) is 0 Å². The van der Waals surface area contributed by atoms with Gasteiger partial charge in [0.15, 0.2) is 0 Å². The molecule has 28 heavy (non-hydrogen) atoms. The van der Waals surface area contributed by atoms with Crippen molar-refractivity contribution in [2.45, 2.75) is 39.2 Å². The van der Waals surface area contributed by atoms with E-state index in [1.165, 1.54) is 46.5 Å². The standard InChI is InChI=1S/C26H30N2/c1-21-12-14-22(15-13-21)20-27-18-6-7-19-28-25-10-4-2-8-23(25)16-17-24-9-3-5-11-26(24)28/h2-5,8-15,27H,6-7,16-20H2,1H3. The predicted octanol–water partition coefficient (Wildman–Crippen LogP) is 5.80. The van der Waals surface area contributed by atoms with Crippen LogP contribution >= 0.6 is 0 Å². The Morgan fingerprint density at radius 1 is 0.750 bits per heavy atom. The number of hydrogen-bond acceptors (Lipinski definition) is 2. The van der Waals surface area contributed by atoms with E-state index in [9.17, 15) is 0 Å². The number of rotatable bonds is 7. The maximum atomic E-state index is 3.59. The minimum absolute atomic E-state index is 0.954. The number of hydrogen-bond donors (Lipinski definition) is 1. The van der Waals surface area contributed by atoms with Gasteiger partial charge in [0.25, 0.3) is 0 Å². The van der Waals surface area contributed by atoms with Crippen molar-refractivity contribution in [1.82, 2.24) is 5.32 Å². The van der Waals surface area contributed by atoms with Crippen LogP contribution in [0.1, 0.15) is 35.1 Å². The third kappa shape index (κ3) is 4.45. The number of anilines is 2. The summed E-state index contributed by atoms with van der Waals surface area (Å²) in [5, 5.41) is 3.59. The summed E-state index contributed by atoms with van der Waals surface area (Å²) in [6.07, 6.45) is 4.62. The van der Waals surface area contributed by atoms with Crippen LogP contribution in [0.5, 0.6) is 0 Å². The second kappa shape index (κ2) is 9.07. The Kier molecular flexibility index (Phi) is 6.08. The Morgan fingerprint density at radius 3 is 2.00 bits per heavy atom. The van der Waals surface area contributed by atoms with Gasteiger partial charge in [-0.05, 0) is 68.0 Å². The van der Waals surface area contributed by atoms with E-state index in [1.807, 2.05) is 0 Å². The van der Waals surface area contributed by atoms with Crippen LogP contribution in [0.25, 0.3) is 0 Å². The lowest BCUT2D eigenvalue weighted by Gasteiger charge is -2.27. The lowest BCUT2D eigenvalue weighted by molar-refractivity contribution is 0.624. The van der Waals surface area contributed by atoms with Crippen molar-refractivity contribution in [3.63, 3.8) is 0 Å². The number of benzene rings is 3. The van der Waals surface area contributed by atoms with Crippen LogP contribution in [0, 0.1) is 6.92 Å². The van der Waals surface area contributed by atoms with E-state index in [0.717, 1.165) is 32.5 Å². The summed E-state index contributed by atoms with van der Waals surface area (Å²) in [5.74, 6) is 0. The van der Waals surface area contributed by atoms with Gasteiger partial charge >= 0.3 is 0 Å². The Hall–Kier alpha value is -2.58. The molecule has 0 radical (unpaired) electrons. The molecule has 1 aliphatic rings. The Bertz CT molecular complexity index is 851. The molecule has 4 rings (SSSR count). The molecule has 1 N–H and O–H groups in total. The van der Waals surface area contributed by atoms with Crippen molar-refractivity contribution < 1.29 is 0 Å². The zero-order valence-corrected chi connectivity index (χ0v) is 16.8. The van der Waals surface area contributed by atoms with Gasteiger partial charge in [-0.3, -0.25) is 0 Å². The number of nitrogens with zero attached hydrogens (tertiary/aromatic N) is 1. The molecule has 0 fully saturated rings. The van der Waals surface area contributed by atoms with Gasteiger partial charge < -0.3 is 10.2 Å². The highest BCUT2D eigenvalue weighted by Gasteiger charge is 2.19. The number of aryl methyl sites for hydroxylation is 3. The fourth-order valence-corrected chi connectivity index (χ4v) is 4.07. The summed E-state index contributed by atoms with van der Waals surface area (Å²) in [6.45, 7) is 5.22. The van der Waals surface area contributed by atoms with Crippen LogP contribution in [-0.2, 0) is 19.4 Å². The van der Waals surface area contributed by atoms with Gasteiger partial charge in [0.05, 0.1) is 0 Å². The molecule has 0 atom stereocenters. The molecule has 3 aromatic carbocycles. The van der Waals surface area contributed by atoms with Crippen molar-refractivity contribution in [1.29, 1.82) is 0 Å². The van der Waals surface area contributed by atoms with Gasteiger partial charge in [-0.1, -0.05) is 66.2 Å². The molecule has 1 heterocycles. The molecule has 2 nitrogen and oxygen atoms in total. The highest BCUT2D eigenvalue weighted by Crippen LogP contribution is 2.35. The molecule has 3 aromatic rings. The first-order chi connectivity index (χ1) is 13.8. The van der Waals surface area contributed by atoms with Gasteiger partial charge in [0, 0.05) is 24.5 Å². The fourth-order valence-electron chi connectivity index (χ4n) is 4.07. The van der Waals surface area contributed by atoms with Gasteiger partial charge in [0.1, 0.15) is 0 Å². The van der Waals surface area contributed by atoms with Crippen molar-refractivity contribution in [2.24, 2.45) is 0 Å². The Morgan fingerprint density at radius 2 is 1.36 bits per heavy atom. The quantitative estimate of drug-likeness (QED) is 0.529. The molecular formula is C26H30N2. The summed E-state index contributed by atoms with van der Waals surface area (Å²) in [7, 11) is 0. The van der Waals surface area contributed by atoms with Crippen molar-refractivity contribution >= 4 is 11.4 Å². The van der Waals surface area contributed by atoms with Crippen LogP contribution < -0.4 is 10.2 Å². The van der Waals surface area contributed by atoms with Crippen LogP contribution in [-0.4, -0.2) is 13.1 Å². The molecular weight excluding hydrogens is 340 g/mol.